The van der Waals surface area contributed by atoms with E-state index in [-0.39, 0.29) is 17.7 Å². The van der Waals surface area contributed by atoms with Crippen LogP contribution in [0.3, 0.4) is 0 Å². The molecule has 72 valence electrons. The summed E-state index contributed by atoms with van der Waals surface area (Å²) in [5.41, 5.74) is 7.22. The van der Waals surface area contributed by atoms with Gasteiger partial charge in [-0.1, -0.05) is 0 Å². The van der Waals surface area contributed by atoms with Crippen molar-refractivity contribution < 1.29 is 4.79 Å². The highest BCUT2D eigenvalue weighted by atomic mass is 35.5. The van der Waals surface area contributed by atoms with Gasteiger partial charge in [0.25, 0.3) is 0 Å². The second-order valence-electron chi connectivity index (χ2n) is 3.15. The second kappa shape index (κ2) is 4.44. The SMILES string of the molecule is CC(N)Cc1cc(C(=O)CCl)c[nH]1. The van der Waals surface area contributed by atoms with E-state index >= 15 is 0 Å². The lowest BCUT2D eigenvalue weighted by molar-refractivity contribution is 0.102. The zero-order chi connectivity index (χ0) is 9.84. The van der Waals surface area contributed by atoms with Gasteiger partial charge < -0.3 is 10.7 Å². The fourth-order valence-corrected chi connectivity index (χ4v) is 1.30. The van der Waals surface area contributed by atoms with Crippen molar-refractivity contribution in [2.75, 3.05) is 5.88 Å². The number of H-pyrrole nitrogens is 1. The fraction of sp³-hybridized carbons (Fsp3) is 0.444. The maximum Gasteiger partial charge on any atom is 0.179 e. The van der Waals surface area contributed by atoms with Crippen LogP contribution >= 0.6 is 11.6 Å². The molecular weight excluding hydrogens is 188 g/mol. The number of Topliss-reactive ketones (excluding diaryl/α,β-unsaturated/α-hetero) is 1. The Bertz CT molecular complexity index is 294. The number of carbonyl (C=O) groups excluding carboxylic acids is 1. The molecule has 0 saturated heterocycles. The third-order valence-electron chi connectivity index (χ3n) is 1.73. The smallest absolute Gasteiger partial charge is 0.179 e. The summed E-state index contributed by atoms with van der Waals surface area (Å²) < 4.78 is 0. The minimum Gasteiger partial charge on any atom is -0.364 e. The van der Waals surface area contributed by atoms with Gasteiger partial charge in [-0.25, -0.2) is 0 Å². The molecule has 1 rings (SSSR count). The summed E-state index contributed by atoms with van der Waals surface area (Å²) in [6.07, 6.45) is 2.41. The number of nitrogens with one attached hydrogen (secondary N) is 1. The molecule has 0 amide bonds. The van der Waals surface area contributed by atoms with Crippen molar-refractivity contribution in [1.29, 1.82) is 0 Å². The predicted octanol–water partition coefficient (Wildman–Crippen LogP) is 1.33. The zero-order valence-corrected chi connectivity index (χ0v) is 8.27. The molecule has 0 saturated carbocycles. The molecule has 3 nitrogen and oxygen atoms in total. The van der Waals surface area contributed by atoms with Crippen molar-refractivity contribution in [2.24, 2.45) is 5.73 Å². The highest BCUT2D eigenvalue weighted by molar-refractivity contribution is 6.30. The van der Waals surface area contributed by atoms with Gasteiger partial charge in [0.15, 0.2) is 5.78 Å². The van der Waals surface area contributed by atoms with E-state index in [0.29, 0.717) is 5.56 Å². The number of ketones is 1. The molecule has 1 atom stereocenters. The van der Waals surface area contributed by atoms with E-state index in [1.807, 2.05) is 6.92 Å². The maximum absolute atomic E-state index is 11.1. The molecule has 1 heterocycles. The van der Waals surface area contributed by atoms with Crippen LogP contribution in [-0.2, 0) is 6.42 Å². The van der Waals surface area contributed by atoms with Crippen LogP contribution in [0.4, 0.5) is 0 Å². The number of aromatic amines is 1. The quantitative estimate of drug-likeness (QED) is 0.569. The molecule has 0 aliphatic rings. The van der Waals surface area contributed by atoms with Gasteiger partial charge in [-0.05, 0) is 13.0 Å². The Balaban J connectivity index is 2.69. The van der Waals surface area contributed by atoms with Crippen molar-refractivity contribution in [3.63, 3.8) is 0 Å². The molecule has 0 fully saturated rings. The summed E-state index contributed by atoms with van der Waals surface area (Å²) in [5, 5.41) is 0. The molecular formula is C9H13ClN2O. The van der Waals surface area contributed by atoms with E-state index in [1.165, 1.54) is 0 Å². The minimum atomic E-state index is -0.0613. The Kier molecular flexibility index (Phi) is 3.51. The van der Waals surface area contributed by atoms with Gasteiger partial charge in [0.2, 0.25) is 0 Å². The van der Waals surface area contributed by atoms with E-state index in [4.69, 9.17) is 17.3 Å². The Labute approximate surface area is 82.3 Å². The average molecular weight is 201 g/mol. The van der Waals surface area contributed by atoms with Crippen molar-refractivity contribution in [3.8, 4) is 0 Å². The zero-order valence-electron chi connectivity index (χ0n) is 7.51. The minimum absolute atomic E-state index is 0.0233. The van der Waals surface area contributed by atoms with Crippen LogP contribution in [-0.4, -0.2) is 22.7 Å². The standard InChI is InChI=1S/C9H13ClN2O/c1-6(11)2-8-3-7(5-12-8)9(13)4-10/h3,5-6,12H,2,4,11H2,1H3. The third kappa shape index (κ3) is 2.86. The lowest BCUT2D eigenvalue weighted by Crippen LogP contribution is -2.17. The highest BCUT2D eigenvalue weighted by Gasteiger charge is 2.07. The van der Waals surface area contributed by atoms with Gasteiger partial charge in [-0.2, -0.15) is 0 Å². The predicted molar refractivity (Wildman–Crippen MR) is 53.2 cm³/mol. The number of hydrogen-bond acceptors (Lipinski definition) is 2. The lowest BCUT2D eigenvalue weighted by atomic mass is 10.1. The molecule has 1 aromatic rings. The largest absolute Gasteiger partial charge is 0.364 e. The summed E-state index contributed by atoms with van der Waals surface area (Å²) >= 11 is 5.41. The summed E-state index contributed by atoms with van der Waals surface area (Å²) in [6, 6.07) is 1.89. The molecule has 0 spiro atoms. The third-order valence-corrected chi connectivity index (χ3v) is 1.97. The molecule has 0 aliphatic carbocycles. The fourth-order valence-electron chi connectivity index (χ4n) is 1.14. The molecule has 0 bridgehead atoms. The second-order valence-corrected chi connectivity index (χ2v) is 3.42. The first kappa shape index (κ1) is 10.3. The van der Waals surface area contributed by atoms with Gasteiger partial charge in [-0.15, -0.1) is 11.6 Å². The summed E-state index contributed by atoms with van der Waals surface area (Å²) in [6.45, 7) is 1.92. The van der Waals surface area contributed by atoms with Crippen molar-refractivity contribution in [2.45, 2.75) is 19.4 Å². The number of halogens is 1. The van der Waals surface area contributed by atoms with Gasteiger partial charge >= 0.3 is 0 Å². The van der Waals surface area contributed by atoms with Gasteiger partial charge in [0.1, 0.15) is 0 Å². The van der Waals surface area contributed by atoms with E-state index in [0.717, 1.165) is 12.1 Å². The van der Waals surface area contributed by atoms with Crippen molar-refractivity contribution in [3.05, 3.63) is 23.5 Å². The molecule has 1 aromatic heterocycles. The van der Waals surface area contributed by atoms with Crippen LogP contribution in [0.25, 0.3) is 0 Å². The van der Waals surface area contributed by atoms with E-state index in [2.05, 4.69) is 4.98 Å². The average Bonchev–Trinajstić information content (AvgIpc) is 2.50. The first-order chi connectivity index (χ1) is 6.13. The molecule has 3 N–H and O–H groups in total. The maximum atomic E-state index is 11.1. The Morgan fingerprint density at radius 3 is 3.00 bits per heavy atom. The summed E-state index contributed by atoms with van der Waals surface area (Å²) in [7, 11) is 0. The molecule has 0 radical (unpaired) electrons. The normalized spacial score (nSPS) is 12.8. The van der Waals surface area contributed by atoms with Crippen LogP contribution in [0.1, 0.15) is 23.0 Å². The first-order valence-corrected chi connectivity index (χ1v) is 4.69. The van der Waals surface area contributed by atoms with Gasteiger partial charge in [0.05, 0.1) is 5.88 Å². The number of hydrogen-bond donors (Lipinski definition) is 2. The molecule has 4 heteroatoms. The number of alkyl halides is 1. The topological polar surface area (TPSA) is 58.9 Å². The Morgan fingerprint density at radius 1 is 1.77 bits per heavy atom. The number of aromatic nitrogens is 1. The van der Waals surface area contributed by atoms with Crippen LogP contribution in [0, 0.1) is 0 Å². The Hall–Kier alpha value is -0.800. The van der Waals surface area contributed by atoms with E-state index in [1.54, 1.807) is 12.3 Å². The lowest BCUT2D eigenvalue weighted by Gasteiger charge is -2.00. The first-order valence-electron chi connectivity index (χ1n) is 4.15. The van der Waals surface area contributed by atoms with Gasteiger partial charge in [0, 0.05) is 29.9 Å². The summed E-state index contributed by atoms with van der Waals surface area (Å²) in [5.74, 6) is -0.0380. The molecule has 1 unspecified atom stereocenters. The summed E-state index contributed by atoms with van der Waals surface area (Å²) in [4.78, 5) is 14.1. The highest BCUT2D eigenvalue weighted by Crippen LogP contribution is 2.07. The molecule has 0 aliphatic heterocycles. The van der Waals surface area contributed by atoms with Gasteiger partial charge in [-0.3, -0.25) is 4.79 Å². The van der Waals surface area contributed by atoms with E-state index < -0.39 is 0 Å². The van der Waals surface area contributed by atoms with Crippen LogP contribution in [0.15, 0.2) is 12.3 Å². The number of carbonyl (C=O) groups is 1. The molecule has 13 heavy (non-hydrogen) atoms. The van der Waals surface area contributed by atoms with Crippen molar-refractivity contribution >= 4 is 17.4 Å². The van der Waals surface area contributed by atoms with Crippen LogP contribution in [0.5, 0.6) is 0 Å². The molecule has 0 aromatic carbocycles. The van der Waals surface area contributed by atoms with Crippen molar-refractivity contribution in [1.82, 2.24) is 4.98 Å². The van der Waals surface area contributed by atoms with E-state index in [9.17, 15) is 4.79 Å². The van der Waals surface area contributed by atoms with Crippen LogP contribution < -0.4 is 5.73 Å². The number of rotatable bonds is 4. The van der Waals surface area contributed by atoms with Crippen LogP contribution in [0.2, 0.25) is 0 Å². The Morgan fingerprint density at radius 2 is 2.46 bits per heavy atom. The monoisotopic (exact) mass is 200 g/mol. The number of nitrogens with two attached hydrogens (primary N) is 1.